The molecule has 148 valence electrons. The lowest BCUT2D eigenvalue weighted by molar-refractivity contribution is 0.181. The van der Waals surface area contributed by atoms with Crippen LogP contribution in [0.15, 0.2) is 40.9 Å². The van der Waals surface area contributed by atoms with Crippen LogP contribution in [0, 0.1) is 5.92 Å². The summed E-state index contributed by atoms with van der Waals surface area (Å²) in [7, 11) is -1.60. The Bertz CT molecular complexity index is 837. The highest BCUT2D eigenvalue weighted by Gasteiger charge is 2.32. The minimum absolute atomic E-state index is 0.110. The molecule has 1 atom stereocenters. The van der Waals surface area contributed by atoms with Crippen LogP contribution >= 0.6 is 22.9 Å². The molecule has 1 saturated carbocycles. The number of anilines is 1. The van der Waals surface area contributed by atoms with Crippen molar-refractivity contribution in [3.8, 4) is 0 Å². The van der Waals surface area contributed by atoms with Gasteiger partial charge in [-0.3, -0.25) is 4.98 Å². The second-order valence-electron chi connectivity index (χ2n) is 6.86. The van der Waals surface area contributed by atoms with Crippen molar-refractivity contribution in [1.82, 2.24) is 9.71 Å². The number of halogens is 1. The third kappa shape index (κ3) is 5.00. The van der Waals surface area contributed by atoms with Gasteiger partial charge in [0.2, 0.25) is 10.0 Å². The fraction of sp³-hybridized carbons (Fsp3) is 0.500. The number of pyridine rings is 1. The van der Waals surface area contributed by atoms with E-state index in [1.54, 1.807) is 12.3 Å². The maximum atomic E-state index is 12.5. The zero-order chi connectivity index (χ0) is 19.4. The third-order valence-electron chi connectivity index (χ3n) is 5.23. The van der Waals surface area contributed by atoms with Gasteiger partial charge < -0.3 is 10.0 Å². The summed E-state index contributed by atoms with van der Waals surface area (Å²) in [5.74, 6) is 0.110. The van der Waals surface area contributed by atoms with Crippen LogP contribution in [0.1, 0.15) is 25.7 Å². The van der Waals surface area contributed by atoms with E-state index < -0.39 is 16.1 Å². The van der Waals surface area contributed by atoms with Crippen molar-refractivity contribution in [2.24, 2.45) is 5.92 Å². The predicted octanol–water partition coefficient (Wildman–Crippen LogP) is 3.13. The Balaban J connectivity index is 1.60. The van der Waals surface area contributed by atoms with E-state index >= 15 is 0 Å². The van der Waals surface area contributed by atoms with E-state index in [1.165, 1.54) is 6.07 Å². The molecule has 0 saturated heterocycles. The number of thiophene rings is 1. The van der Waals surface area contributed by atoms with Gasteiger partial charge in [-0.25, -0.2) is 13.1 Å². The van der Waals surface area contributed by atoms with E-state index in [1.807, 2.05) is 18.3 Å². The Morgan fingerprint density at radius 2 is 2.07 bits per heavy atom. The minimum atomic E-state index is -3.67. The number of hydrogen-bond acceptors (Lipinski definition) is 6. The summed E-state index contributed by atoms with van der Waals surface area (Å²) in [5.41, 5.74) is 1.08. The molecule has 1 aliphatic carbocycles. The summed E-state index contributed by atoms with van der Waals surface area (Å²) in [4.78, 5) is 6.40. The Morgan fingerprint density at radius 1 is 1.33 bits per heavy atom. The van der Waals surface area contributed by atoms with E-state index in [4.69, 9.17) is 11.6 Å². The number of aromatic nitrogens is 1. The highest BCUT2D eigenvalue weighted by atomic mass is 35.5. The van der Waals surface area contributed by atoms with Crippen molar-refractivity contribution in [2.45, 2.75) is 42.0 Å². The van der Waals surface area contributed by atoms with Crippen LogP contribution in [0.3, 0.4) is 0 Å². The molecular weight excluding hydrogens is 406 g/mol. The highest BCUT2D eigenvalue weighted by molar-refractivity contribution is 7.91. The molecule has 1 aliphatic rings. The summed E-state index contributed by atoms with van der Waals surface area (Å²) in [5, 5.41) is 9.78. The van der Waals surface area contributed by atoms with Gasteiger partial charge in [0.1, 0.15) is 4.21 Å². The second kappa shape index (κ2) is 8.87. The lowest BCUT2D eigenvalue weighted by Gasteiger charge is -2.38. The van der Waals surface area contributed by atoms with Gasteiger partial charge in [0, 0.05) is 25.3 Å². The summed E-state index contributed by atoms with van der Waals surface area (Å²) in [6.45, 7) is -0.216. The number of aliphatic hydroxyl groups excluding tert-OH is 1. The van der Waals surface area contributed by atoms with Gasteiger partial charge in [-0.15, -0.1) is 11.3 Å². The molecule has 9 heteroatoms. The molecule has 2 heterocycles. The number of aliphatic hydroxyl groups is 1. The van der Waals surface area contributed by atoms with E-state index in [0.717, 1.165) is 42.7 Å². The predicted molar refractivity (Wildman–Crippen MR) is 109 cm³/mol. The molecule has 2 N–H and O–H groups in total. The number of nitrogens with zero attached hydrogens (tertiary/aromatic N) is 2. The molecule has 0 bridgehead atoms. The van der Waals surface area contributed by atoms with Gasteiger partial charge in [0.15, 0.2) is 0 Å². The Labute approximate surface area is 169 Å². The molecule has 0 aliphatic heterocycles. The molecule has 0 spiro atoms. The quantitative estimate of drug-likeness (QED) is 0.706. The van der Waals surface area contributed by atoms with E-state index in [2.05, 4.69) is 21.7 Å². The number of rotatable bonds is 7. The average Bonchev–Trinajstić information content (AvgIpc) is 3.14. The van der Waals surface area contributed by atoms with Gasteiger partial charge in [-0.05, 0) is 55.9 Å². The SMILES string of the molecule is CN(c1cccnc1)C1CCC([C@@H](CO)NS(=O)(=O)c2ccc(Cl)s2)CC1. The van der Waals surface area contributed by atoms with Crippen molar-refractivity contribution >= 4 is 38.6 Å². The van der Waals surface area contributed by atoms with Crippen molar-refractivity contribution in [1.29, 1.82) is 0 Å². The van der Waals surface area contributed by atoms with Gasteiger partial charge in [0.25, 0.3) is 0 Å². The highest BCUT2D eigenvalue weighted by Crippen LogP contribution is 2.32. The Kier molecular flexibility index (Phi) is 6.75. The first-order valence-electron chi connectivity index (χ1n) is 8.92. The van der Waals surface area contributed by atoms with Crippen LogP contribution in [0.4, 0.5) is 5.69 Å². The van der Waals surface area contributed by atoms with E-state index in [9.17, 15) is 13.5 Å². The zero-order valence-electron chi connectivity index (χ0n) is 15.1. The van der Waals surface area contributed by atoms with Crippen LogP contribution in [-0.2, 0) is 10.0 Å². The van der Waals surface area contributed by atoms with Gasteiger partial charge in [-0.2, -0.15) is 0 Å². The number of nitrogens with one attached hydrogen (secondary N) is 1. The lowest BCUT2D eigenvalue weighted by atomic mass is 9.81. The summed E-state index contributed by atoms with van der Waals surface area (Å²) < 4.78 is 28.3. The van der Waals surface area contributed by atoms with E-state index in [-0.39, 0.29) is 16.7 Å². The summed E-state index contributed by atoms with van der Waals surface area (Å²) >= 11 is 6.87. The Morgan fingerprint density at radius 3 is 2.63 bits per heavy atom. The van der Waals surface area contributed by atoms with Crippen molar-refractivity contribution < 1.29 is 13.5 Å². The third-order valence-corrected chi connectivity index (χ3v) is 8.44. The topological polar surface area (TPSA) is 82.5 Å². The number of sulfonamides is 1. The zero-order valence-corrected chi connectivity index (χ0v) is 17.5. The first-order chi connectivity index (χ1) is 12.9. The first kappa shape index (κ1) is 20.5. The fourth-order valence-electron chi connectivity index (χ4n) is 3.65. The summed E-state index contributed by atoms with van der Waals surface area (Å²) in [6.07, 6.45) is 7.20. The lowest BCUT2D eigenvalue weighted by Crippen LogP contribution is -2.45. The molecule has 0 radical (unpaired) electrons. The molecule has 3 rings (SSSR count). The molecule has 6 nitrogen and oxygen atoms in total. The minimum Gasteiger partial charge on any atom is -0.395 e. The van der Waals surface area contributed by atoms with Crippen LogP contribution in [-0.4, -0.2) is 44.2 Å². The van der Waals surface area contributed by atoms with Crippen molar-refractivity contribution in [3.05, 3.63) is 41.0 Å². The molecule has 2 aromatic rings. The molecule has 0 amide bonds. The maximum Gasteiger partial charge on any atom is 0.250 e. The summed E-state index contributed by atoms with van der Waals surface area (Å²) in [6, 6.07) is 6.91. The fourth-order valence-corrected chi connectivity index (χ4v) is 6.44. The second-order valence-corrected chi connectivity index (χ2v) is 10.5. The maximum absolute atomic E-state index is 12.5. The van der Waals surface area contributed by atoms with Crippen LogP contribution in [0.25, 0.3) is 0 Å². The van der Waals surface area contributed by atoms with Crippen LogP contribution in [0.2, 0.25) is 4.34 Å². The van der Waals surface area contributed by atoms with Gasteiger partial charge in [-0.1, -0.05) is 11.6 Å². The number of hydrogen-bond donors (Lipinski definition) is 2. The molecule has 0 aromatic carbocycles. The average molecular weight is 430 g/mol. The van der Waals surface area contributed by atoms with E-state index in [0.29, 0.717) is 10.4 Å². The van der Waals surface area contributed by atoms with Gasteiger partial charge in [0.05, 0.1) is 22.8 Å². The van der Waals surface area contributed by atoms with Crippen LogP contribution in [0.5, 0.6) is 0 Å². The normalized spacial score (nSPS) is 21.7. The molecule has 2 aromatic heterocycles. The molecule has 1 fully saturated rings. The van der Waals surface area contributed by atoms with Crippen LogP contribution < -0.4 is 9.62 Å². The van der Waals surface area contributed by atoms with Gasteiger partial charge >= 0.3 is 0 Å². The molecule has 27 heavy (non-hydrogen) atoms. The molecule has 0 unspecified atom stereocenters. The van der Waals surface area contributed by atoms with Crippen molar-refractivity contribution in [2.75, 3.05) is 18.6 Å². The largest absolute Gasteiger partial charge is 0.395 e. The monoisotopic (exact) mass is 429 g/mol. The molecular formula is C18H24ClN3O3S2. The smallest absolute Gasteiger partial charge is 0.250 e. The van der Waals surface area contributed by atoms with Crippen molar-refractivity contribution in [3.63, 3.8) is 0 Å². The standard InChI is InChI=1S/C18H24ClN3O3S2/c1-22(15-3-2-10-20-11-15)14-6-4-13(5-7-14)16(12-23)21-27(24,25)18-9-8-17(19)26-18/h2-3,8-11,13-14,16,21,23H,4-7,12H2,1H3/t13?,14?,16-/m1/s1. The Hall–Kier alpha value is -1.19. The first-order valence-corrected chi connectivity index (χ1v) is 11.6.